The van der Waals surface area contributed by atoms with E-state index in [-0.39, 0.29) is 0 Å². The number of hydrogen-bond donors (Lipinski definition) is 0. The molecule has 0 N–H and O–H groups in total. The van der Waals surface area contributed by atoms with Crippen LogP contribution in [0.1, 0.15) is 25.3 Å². The summed E-state index contributed by atoms with van der Waals surface area (Å²) >= 11 is 0. The van der Waals surface area contributed by atoms with Crippen LogP contribution in [0.3, 0.4) is 0 Å². The molecule has 3 heterocycles. The van der Waals surface area contributed by atoms with Crippen molar-refractivity contribution in [3.63, 3.8) is 0 Å². The molecule has 5 nitrogen and oxygen atoms in total. The van der Waals surface area contributed by atoms with Crippen LogP contribution in [0.25, 0.3) is 106 Å². The minimum Gasteiger partial charge on any atom is -0.455 e. The summed E-state index contributed by atoms with van der Waals surface area (Å²) in [5, 5.41) is 4.62. The normalized spacial score (nSPS) is 11.6. The van der Waals surface area contributed by atoms with E-state index in [1.165, 1.54) is 23.8 Å². The number of fused-ring (bicyclic) bond motifs is 6. The Hall–Kier alpha value is -7.63. The van der Waals surface area contributed by atoms with E-state index in [1.807, 2.05) is 24.3 Å². The first-order valence-electron chi connectivity index (χ1n) is 20.7. The number of aromatic nitrogens is 4. The van der Waals surface area contributed by atoms with Gasteiger partial charge in [0.1, 0.15) is 11.2 Å². The fourth-order valence-electron chi connectivity index (χ4n) is 8.67. The van der Waals surface area contributed by atoms with E-state index in [4.69, 9.17) is 19.4 Å². The van der Waals surface area contributed by atoms with Gasteiger partial charge in [-0.3, -0.25) is 0 Å². The first kappa shape index (κ1) is 35.5. The number of nitrogens with zero attached hydrogens (tertiary/aromatic N) is 4. The smallest absolute Gasteiger partial charge is 0.166 e. The van der Waals surface area contributed by atoms with Crippen LogP contribution < -0.4 is 0 Å². The summed E-state index contributed by atoms with van der Waals surface area (Å²) in [7, 11) is 0. The van der Waals surface area contributed by atoms with Crippen molar-refractivity contribution in [2.24, 2.45) is 0 Å². The molecule has 8 aromatic carbocycles. The third-order valence-corrected chi connectivity index (χ3v) is 11.6. The zero-order chi connectivity index (χ0) is 40.0. The number of benzene rings is 8. The average molecular weight is 773 g/mol. The van der Waals surface area contributed by atoms with Crippen molar-refractivity contribution >= 4 is 43.7 Å². The van der Waals surface area contributed by atoms with Crippen molar-refractivity contribution < 1.29 is 4.42 Å². The SMILES string of the molecule is CCCCc1ccc2c(c1)oc1c(-c3ccc4c(c3)c3ccccc3n4-c3ccccc3-c3nc(-c4ccccc4)nc(-c4cccc(-c5ccccc5)c4)n3)cccc12. The van der Waals surface area contributed by atoms with Gasteiger partial charge in [-0.15, -0.1) is 0 Å². The quantitative estimate of drug-likeness (QED) is 0.147. The summed E-state index contributed by atoms with van der Waals surface area (Å²) < 4.78 is 9.04. The van der Waals surface area contributed by atoms with Crippen LogP contribution in [0, 0.1) is 0 Å². The lowest BCUT2D eigenvalue weighted by Gasteiger charge is -2.15. The second kappa shape index (κ2) is 14.9. The maximum atomic E-state index is 6.69. The summed E-state index contributed by atoms with van der Waals surface area (Å²) in [5.74, 6) is 1.85. The molecule has 3 aromatic heterocycles. The summed E-state index contributed by atoms with van der Waals surface area (Å²) in [6, 6.07) is 66.1. The van der Waals surface area contributed by atoms with E-state index in [2.05, 4.69) is 175 Å². The van der Waals surface area contributed by atoms with Crippen LogP contribution in [0.5, 0.6) is 0 Å². The minimum absolute atomic E-state index is 0.608. The van der Waals surface area contributed by atoms with Gasteiger partial charge in [-0.1, -0.05) is 159 Å². The van der Waals surface area contributed by atoms with Crippen molar-refractivity contribution in [2.45, 2.75) is 26.2 Å². The number of para-hydroxylation sites is 3. The molecule has 0 aliphatic rings. The standard InChI is InChI=1S/C55H40N4O/c1-2-3-16-36-29-31-44-45-26-15-25-42(52(45)60-51(44)33-36)40-30-32-50-47(35-40)43-23-10-12-27-48(43)59(50)49-28-13-11-24-46(49)55-57-53(38-19-8-5-9-20-38)56-54(58-55)41-22-14-21-39(34-41)37-17-6-4-7-18-37/h4-15,17-35H,2-3,16H2,1H3. The monoisotopic (exact) mass is 772 g/mol. The van der Waals surface area contributed by atoms with Crippen LogP contribution in [-0.4, -0.2) is 19.5 Å². The number of aryl methyl sites for hydroxylation is 1. The predicted molar refractivity (Wildman–Crippen MR) is 247 cm³/mol. The molecule has 0 amide bonds. The topological polar surface area (TPSA) is 56.7 Å². The Bertz CT molecular complexity index is 3360. The van der Waals surface area contributed by atoms with Crippen molar-refractivity contribution in [2.75, 3.05) is 0 Å². The molecular weight excluding hydrogens is 733 g/mol. The summed E-state index contributed by atoms with van der Waals surface area (Å²) in [5.41, 5.74) is 13.6. The largest absolute Gasteiger partial charge is 0.455 e. The van der Waals surface area contributed by atoms with Crippen LogP contribution in [-0.2, 0) is 6.42 Å². The Morgan fingerprint density at radius 2 is 1.08 bits per heavy atom. The van der Waals surface area contributed by atoms with E-state index in [9.17, 15) is 0 Å². The molecule has 0 saturated heterocycles. The molecule has 11 aromatic rings. The van der Waals surface area contributed by atoms with E-state index < -0.39 is 0 Å². The molecule has 0 aliphatic carbocycles. The van der Waals surface area contributed by atoms with Gasteiger partial charge in [0.15, 0.2) is 17.5 Å². The highest BCUT2D eigenvalue weighted by Crippen LogP contribution is 2.41. The third-order valence-electron chi connectivity index (χ3n) is 11.6. The van der Waals surface area contributed by atoms with Gasteiger partial charge < -0.3 is 8.98 Å². The van der Waals surface area contributed by atoms with E-state index in [1.54, 1.807) is 0 Å². The van der Waals surface area contributed by atoms with Gasteiger partial charge in [-0.05, 0) is 77.6 Å². The third kappa shape index (κ3) is 6.23. The molecule has 286 valence electrons. The molecule has 0 spiro atoms. The summed E-state index contributed by atoms with van der Waals surface area (Å²) in [6.45, 7) is 2.23. The first-order chi connectivity index (χ1) is 29.7. The first-order valence-corrected chi connectivity index (χ1v) is 20.7. The average Bonchev–Trinajstić information content (AvgIpc) is 3.86. The molecule has 0 aliphatic heterocycles. The van der Waals surface area contributed by atoms with Crippen molar-refractivity contribution in [1.82, 2.24) is 19.5 Å². The van der Waals surface area contributed by atoms with Crippen molar-refractivity contribution in [1.29, 1.82) is 0 Å². The van der Waals surface area contributed by atoms with Crippen LogP contribution in [0.2, 0.25) is 0 Å². The van der Waals surface area contributed by atoms with Gasteiger partial charge >= 0.3 is 0 Å². The number of rotatable bonds is 9. The fourth-order valence-corrected chi connectivity index (χ4v) is 8.67. The Balaban J connectivity index is 1.07. The fraction of sp³-hybridized carbons (Fsp3) is 0.0727. The molecule has 0 radical (unpaired) electrons. The van der Waals surface area contributed by atoms with Gasteiger partial charge in [-0.25, -0.2) is 15.0 Å². The number of unbranched alkanes of at least 4 members (excludes halogenated alkanes) is 1. The highest BCUT2D eigenvalue weighted by atomic mass is 16.3. The van der Waals surface area contributed by atoms with Gasteiger partial charge in [0.05, 0.1) is 16.7 Å². The second-order valence-corrected chi connectivity index (χ2v) is 15.4. The van der Waals surface area contributed by atoms with E-state index in [0.29, 0.717) is 17.5 Å². The lowest BCUT2D eigenvalue weighted by atomic mass is 10.00. The maximum Gasteiger partial charge on any atom is 0.166 e. The van der Waals surface area contributed by atoms with E-state index >= 15 is 0 Å². The Labute approximate surface area is 348 Å². The van der Waals surface area contributed by atoms with Gasteiger partial charge in [0.25, 0.3) is 0 Å². The van der Waals surface area contributed by atoms with Crippen molar-refractivity contribution in [3.05, 3.63) is 194 Å². The Morgan fingerprint density at radius 3 is 1.93 bits per heavy atom. The molecule has 0 fully saturated rings. The van der Waals surface area contributed by atoms with Gasteiger partial charge in [0.2, 0.25) is 0 Å². The second-order valence-electron chi connectivity index (χ2n) is 15.4. The predicted octanol–water partition coefficient (Wildman–Crippen LogP) is 14.5. The molecule has 0 bridgehead atoms. The molecular formula is C55H40N4O. The zero-order valence-electron chi connectivity index (χ0n) is 33.2. The van der Waals surface area contributed by atoms with E-state index in [0.717, 1.165) is 89.4 Å². The molecule has 60 heavy (non-hydrogen) atoms. The molecule has 5 heteroatoms. The lowest BCUT2D eigenvalue weighted by Crippen LogP contribution is -2.03. The molecule has 0 unspecified atom stereocenters. The van der Waals surface area contributed by atoms with Gasteiger partial charge in [-0.2, -0.15) is 0 Å². The van der Waals surface area contributed by atoms with Crippen molar-refractivity contribution in [3.8, 4) is 62.1 Å². The highest BCUT2D eigenvalue weighted by Gasteiger charge is 2.21. The molecule has 0 atom stereocenters. The number of hydrogen-bond acceptors (Lipinski definition) is 4. The molecule has 0 saturated carbocycles. The maximum absolute atomic E-state index is 6.69. The summed E-state index contributed by atoms with van der Waals surface area (Å²) in [6.07, 6.45) is 3.40. The molecule has 11 rings (SSSR count). The zero-order valence-corrected chi connectivity index (χ0v) is 33.2. The highest BCUT2D eigenvalue weighted by molar-refractivity contribution is 6.13. The number of furan rings is 1. The summed E-state index contributed by atoms with van der Waals surface area (Å²) in [4.78, 5) is 15.5. The van der Waals surface area contributed by atoms with Gasteiger partial charge in [0, 0.05) is 43.8 Å². The Kier molecular flexibility index (Phi) is 8.85. The van der Waals surface area contributed by atoms with Crippen LogP contribution >= 0.6 is 0 Å². The van der Waals surface area contributed by atoms with Crippen LogP contribution in [0.4, 0.5) is 0 Å². The minimum atomic E-state index is 0.608. The Morgan fingerprint density at radius 1 is 0.433 bits per heavy atom. The van der Waals surface area contributed by atoms with Crippen LogP contribution in [0.15, 0.2) is 192 Å². The lowest BCUT2D eigenvalue weighted by molar-refractivity contribution is 0.668.